The Morgan fingerprint density at radius 3 is 1.71 bits per heavy atom. The number of esters is 1. The number of aromatic nitrogens is 4. The van der Waals surface area contributed by atoms with Crippen molar-refractivity contribution < 1.29 is 14.3 Å². The van der Waals surface area contributed by atoms with E-state index in [2.05, 4.69) is 43.6 Å². The van der Waals surface area contributed by atoms with E-state index in [-0.39, 0.29) is 0 Å². The fraction of sp³-hybridized carbons (Fsp3) is 0.154. The summed E-state index contributed by atoms with van der Waals surface area (Å²) in [4.78, 5) is 30.2. The Kier molecular flexibility index (Phi) is 9.85. The highest BCUT2D eigenvalue weighted by Gasteiger charge is 2.21. The predicted octanol–water partition coefficient (Wildman–Crippen LogP) is 5.87. The number of unbranched alkanes of at least 4 members (excludes halogenated alkanes) is 1. The molecule has 48 heavy (non-hydrogen) atoms. The van der Waals surface area contributed by atoms with Gasteiger partial charge in [-0.25, -0.2) is 24.7 Å². The van der Waals surface area contributed by atoms with Crippen LogP contribution in [0.3, 0.4) is 0 Å². The van der Waals surface area contributed by atoms with Gasteiger partial charge in [-0.1, -0.05) is 23.7 Å². The van der Waals surface area contributed by atoms with Crippen LogP contribution in [-0.2, 0) is 9.47 Å². The molecule has 0 spiro atoms. The van der Waals surface area contributed by atoms with Crippen LogP contribution < -0.4 is 0 Å². The zero-order chi connectivity index (χ0) is 33.1. The van der Waals surface area contributed by atoms with E-state index in [1.165, 1.54) is 24.8 Å². The van der Waals surface area contributed by atoms with Crippen molar-refractivity contribution in [3.05, 3.63) is 130 Å². The van der Waals surface area contributed by atoms with Crippen LogP contribution >= 0.6 is 0 Å². The van der Waals surface area contributed by atoms with Gasteiger partial charge in [0.15, 0.2) is 11.6 Å². The molecule has 0 saturated carbocycles. The minimum atomic E-state index is -0.453. The van der Waals surface area contributed by atoms with Crippen molar-refractivity contribution in [2.24, 2.45) is 0 Å². The number of epoxide rings is 1. The number of benzene rings is 3. The third-order valence-electron chi connectivity index (χ3n) is 7.34. The number of hydrogen-bond donors (Lipinski definition) is 0. The van der Waals surface area contributed by atoms with Crippen LogP contribution in [0.25, 0.3) is 22.8 Å². The van der Waals surface area contributed by atoms with Crippen LogP contribution in [0.2, 0.25) is 0 Å². The predicted molar refractivity (Wildman–Crippen MR) is 177 cm³/mol. The molecule has 0 aliphatic carbocycles. The molecular formula is C39H26N6O3. The second kappa shape index (κ2) is 15.1. The minimum Gasteiger partial charge on any atom is -0.462 e. The topological polar surface area (TPSA) is 138 Å². The van der Waals surface area contributed by atoms with Crippen molar-refractivity contribution in [2.75, 3.05) is 13.2 Å². The Labute approximate surface area is 277 Å². The van der Waals surface area contributed by atoms with Gasteiger partial charge in [-0.05, 0) is 86.0 Å². The van der Waals surface area contributed by atoms with E-state index in [9.17, 15) is 4.79 Å². The number of hydrogen-bond acceptors (Lipinski definition) is 9. The molecule has 1 atom stereocenters. The number of nitrogens with zero attached hydrogens (tertiary/aromatic N) is 6. The van der Waals surface area contributed by atoms with E-state index in [1.807, 2.05) is 66.7 Å². The summed E-state index contributed by atoms with van der Waals surface area (Å²) in [5.41, 5.74) is 5.43. The Bertz CT molecular complexity index is 2140. The lowest BCUT2D eigenvalue weighted by Gasteiger charge is -2.07. The van der Waals surface area contributed by atoms with Crippen molar-refractivity contribution in [1.82, 2.24) is 19.9 Å². The second-order valence-electron chi connectivity index (χ2n) is 10.8. The standard InChI is InChI=1S/C39H26N6O3/c40-20-30-22-42-37(43-23-30)33-14-7-27(8-15-33)4-5-29-11-13-32(36(19-29)39(46)47-18-2-1-3-35-26-48-35)12-6-28-9-16-34(17-10-28)38-44-24-31(21-41)25-45-38/h7-11,13-17,19,22-25,35H,1-3,18,26H2. The zero-order valence-electron chi connectivity index (χ0n) is 25.7. The Balaban J connectivity index is 1.19. The lowest BCUT2D eigenvalue weighted by Crippen LogP contribution is -2.09. The van der Waals surface area contributed by atoms with Gasteiger partial charge < -0.3 is 9.47 Å². The molecule has 6 rings (SSSR count). The molecule has 1 saturated heterocycles. The molecule has 1 fully saturated rings. The fourth-order valence-electron chi connectivity index (χ4n) is 4.61. The lowest BCUT2D eigenvalue weighted by atomic mass is 10.0. The molecule has 3 aromatic carbocycles. The number of carbonyl (C=O) groups is 1. The van der Waals surface area contributed by atoms with E-state index in [0.717, 1.165) is 48.1 Å². The maximum absolute atomic E-state index is 13.2. The van der Waals surface area contributed by atoms with Crippen molar-refractivity contribution in [3.63, 3.8) is 0 Å². The first-order valence-corrected chi connectivity index (χ1v) is 15.2. The van der Waals surface area contributed by atoms with Gasteiger partial charge in [0.2, 0.25) is 0 Å². The quantitative estimate of drug-likeness (QED) is 0.0896. The largest absolute Gasteiger partial charge is 0.462 e. The van der Waals surface area contributed by atoms with Crippen molar-refractivity contribution in [2.45, 2.75) is 25.4 Å². The molecular weight excluding hydrogens is 600 g/mol. The van der Waals surface area contributed by atoms with Gasteiger partial charge in [0.25, 0.3) is 0 Å². The normalized spacial score (nSPS) is 12.7. The molecule has 9 heteroatoms. The van der Waals surface area contributed by atoms with Gasteiger partial charge in [-0.15, -0.1) is 0 Å². The smallest absolute Gasteiger partial charge is 0.339 e. The maximum atomic E-state index is 13.2. The molecule has 5 aromatic rings. The molecule has 0 bridgehead atoms. The van der Waals surface area contributed by atoms with E-state index in [4.69, 9.17) is 20.0 Å². The molecule has 0 radical (unpaired) electrons. The van der Waals surface area contributed by atoms with Gasteiger partial charge in [-0.3, -0.25) is 0 Å². The molecule has 3 heterocycles. The van der Waals surface area contributed by atoms with E-state index in [1.54, 1.807) is 12.1 Å². The van der Waals surface area contributed by atoms with Crippen LogP contribution in [0.4, 0.5) is 0 Å². The fourth-order valence-corrected chi connectivity index (χ4v) is 4.61. The Morgan fingerprint density at radius 2 is 1.19 bits per heavy atom. The Hall–Kier alpha value is -6.65. The highest BCUT2D eigenvalue weighted by Crippen LogP contribution is 2.19. The van der Waals surface area contributed by atoms with Gasteiger partial charge >= 0.3 is 5.97 Å². The van der Waals surface area contributed by atoms with E-state index < -0.39 is 5.97 Å². The summed E-state index contributed by atoms with van der Waals surface area (Å²) in [5, 5.41) is 17.9. The monoisotopic (exact) mass is 626 g/mol. The number of carbonyl (C=O) groups excluding carboxylic acids is 1. The number of ether oxygens (including phenoxy) is 2. The summed E-state index contributed by atoms with van der Waals surface area (Å²) in [6.45, 7) is 1.12. The summed E-state index contributed by atoms with van der Waals surface area (Å²) in [7, 11) is 0. The van der Waals surface area contributed by atoms with Gasteiger partial charge in [0.05, 0.1) is 36.0 Å². The lowest BCUT2D eigenvalue weighted by molar-refractivity contribution is 0.0497. The maximum Gasteiger partial charge on any atom is 0.339 e. The number of rotatable bonds is 8. The third kappa shape index (κ3) is 8.33. The second-order valence-corrected chi connectivity index (χ2v) is 10.8. The SMILES string of the molecule is N#Cc1cnc(-c2ccc(C#Cc3ccc(C#Cc4ccc(-c5ncc(C#N)cn5)cc4)c(C(=O)OCCCCC4CO4)c3)cc2)nc1. The van der Waals surface area contributed by atoms with Crippen molar-refractivity contribution in [3.8, 4) is 58.6 Å². The van der Waals surface area contributed by atoms with E-state index in [0.29, 0.717) is 52.2 Å². The van der Waals surface area contributed by atoms with Crippen LogP contribution in [0, 0.1) is 46.3 Å². The summed E-state index contributed by atoms with van der Waals surface area (Å²) >= 11 is 0. The van der Waals surface area contributed by atoms with Gasteiger partial charge in [0, 0.05) is 58.2 Å². The van der Waals surface area contributed by atoms with Crippen LogP contribution in [0.5, 0.6) is 0 Å². The summed E-state index contributed by atoms with van der Waals surface area (Å²) in [6.07, 6.45) is 8.94. The first-order valence-electron chi connectivity index (χ1n) is 15.2. The molecule has 0 N–H and O–H groups in total. The van der Waals surface area contributed by atoms with Gasteiger partial charge in [0.1, 0.15) is 12.1 Å². The molecule has 9 nitrogen and oxygen atoms in total. The molecule has 1 aliphatic rings. The van der Waals surface area contributed by atoms with Crippen molar-refractivity contribution in [1.29, 1.82) is 10.5 Å². The highest BCUT2D eigenvalue weighted by atomic mass is 16.6. The molecule has 230 valence electrons. The van der Waals surface area contributed by atoms with Gasteiger partial charge in [-0.2, -0.15) is 10.5 Å². The number of nitriles is 2. The molecule has 2 aromatic heterocycles. The first kappa shape index (κ1) is 31.3. The highest BCUT2D eigenvalue weighted by molar-refractivity contribution is 5.93. The zero-order valence-corrected chi connectivity index (χ0v) is 25.7. The first-order chi connectivity index (χ1) is 23.6. The summed E-state index contributed by atoms with van der Waals surface area (Å²) < 4.78 is 10.9. The molecule has 1 unspecified atom stereocenters. The Morgan fingerprint density at radius 1 is 0.688 bits per heavy atom. The molecule has 0 amide bonds. The average molecular weight is 627 g/mol. The van der Waals surface area contributed by atoms with E-state index >= 15 is 0 Å². The van der Waals surface area contributed by atoms with Crippen LogP contribution in [-0.4, -0.2) is 45.2 Å². The third-order valence-corrected chi connectivity index (χ3v) is 7.34. The summed E-state index contributed by atoms with van der Waals surface area (Å²) in [6, 6.07) is 24.2. The summed E-state index contributed by atoms with van der Waals surface area (Å²) in [5.74, 6) is 13.1. The van der Waals surface area contributed by atoms with Crippen LogP contribution in [0.1, 0.15) is 63.0 Å². The van der Waals surface area contributed by atoms with Crippen molar-refractivity contribution >= 4 is 5.97 Å². The average Bonchev–Trinajstić information content (AvgIpc) is 3.98. The minimum absolute atomic E-state index is 0.308. The molecule has 1 aliphatic heterocycles. The van der Waals surface area contributed by atoms with Crippen LogP contribution in [0.15, 0.2) is 91.5 Å².